The van der Waals surface area contributed by atoms with Crippen molar-refractivity contribution in [3.05, 3.63) is 29.3 Å². The number of nitrogens with one attached hydrogen (secondary N) is 2. The van der Waals surface area contributed by atoms with Crippen LogP contribution in [-0.4, -0.2) is 36.4 Å². The van der Waals surface area contributed by atoms with E-state index in [0.29, 0.717) is 17.7 Å². The summed E-state index contributed by atoms with van der Waals surface area (Å²) in [5.74, 6) is 0.480. The molecular formula is C15H22N2O7PS-. The second-order valence-corrected chi connectivity index (χ2v) is 9.89. The zero-order valence-electron chi connectivity index (χ0n) is 14.9. The lowest BCUT2D eigenvalue weighted by Gasteiger charge is -2.24. The van der Waals surface area contributed by atoms with Gasteiger partial charge in [0, 0.05) is 26.2 Å². The van der Waals surface area contributed by atoms with Crippen molar-refractivity contribution in [3.63, 3.8) is 0 Å². The van der Waals surface area contributed by atoms with E-state index in [1.54, 1.807) is 12.1 Å². The summed E-state index contributed by atoms with van der Waals surface area (Å²) < 4.78 is 42.7. The molecule has 0 radical (unpaired) electrons. The maximum absolute atomic E-state index is 12.7. The van der Waals surface area contributed by atoms with Crippen LogP contribution < -0.4 is 19.9 Å². The Morgan fingerprint density at radius 3 is 2.65 bits per heavy atom. The van der Waals surface area contributed by atoms with Crippen molar-refractivity contribution in [3.8, 4) is 5.75 Å². The summed E-state index contributed by atoms with van der Waals surface area (Å²) in [7, 11) is -3.05. The highest BCUT2D eigenvalue weighted by Gasteiger charge is 2.35. The fourth-order valence-electron chi connectivity index (χ4n) is 2.63. The molecule has 0 bridgehead atoms. The summed E-state index contributed by atoms with van der Waals surface area (Å²) in [5.41, 5.74) is 0.822. The van der Waals surface area contributed by atoms with Gasteiger partial charge >= 0.3 is 7.60 Å². The van der Waals surface area contributed by atoms with E-state index in [2.05, 4.69) is 10.0 Å². The Labute approximate surface area is 154 Å². The number of benzene rings is 1. The fourth-order valence-corrected chi connectivity index (χ4v) is 4.96. The van der Waals surface area contributed by atoms with Crippen LogP contribution in [0.4, 0.5) is 4.79 Å². The van der Waals surface area contributed by atoms with Crippen molar-refractivity contribution in [2.45, 2.75) is 31.2 Å². The first-order valence-electron chi connectivity index (χ1n) is 7.74. The van der Waals surface area contributed by atoms with E-state index in [-0.39, 0.29) is 6.29 Å². The topological polar surface area (TPSA) is 126 Å². The molecule has 0 fully saturated rings. The largest absolute Gasteiger partial charge is 0.530 e. The number of hydrogen-bond acceptors (Lipinski definition) is 7. The number of carboxylic acid groups (broad SMARTS) is 1. The van der Waals surface area contributed by atoms with Crippen LogP contribution in [0.1, 0.15) is 30.3 Å². The van der Waals surface area contributed by atoms with E-state index in [4.69, 9.17) is 13.8 Å². The summed E-state index contributed by atoms with van der Waals surface area (Å²) >= 11 is 0. The Bertz CT molecular complexity index is 748. The number of para-hydroxylation sites is 1. The third kappa shape index (κ3) is 4.83. The van der Waals surface area contributed by atoms with Gasteiger partial charge in [0.25, 0.3) is 0 Å². The van der Waals surface area contributed by atoms with Crippen LogP contribution >= 0.6 is 7.60 Å². The molecule has 2 rings (SSSR count). The molecule has 0 saturated carbocycles. The maximum Gasteiger partial charge on any atom is 0.344 e. The zero-order valence-corrected chi connectivity index (χ0v) is 16.6. The number of carbonyl (C=O) groups is 1. The van der Waals surface area contributed by atoms with Gasteiger partial charge in [-0.3, -0.25) is 4.57 Å². The average Bonchev–Trinajstić information content (AvgIpc) is 2.91. The van der Waals surface area contributed by atoms with Crippen LogP contribution in [0.15, 0.2) is 18.2 Å². The lowest BCUT2D eigenvalue weighted by molar-refractivity contribution is -0.251. The molecule has 0 spiro atoms. The Morgan fingerprint density at radius 2 is 2.08 bits per heavy atom. The first-order valence-corrected chi connectivity index (χ1v) is 10.7. The van der Waals surface area contributed by atoms with Crippen molar-refractivity contribution in [2.24, 2.45) is 0 Å². The number of ether oxygens (including phenoxy) is 1. The minimum atomic E-state index is -3.46. The Hall–Kier alpha value is -1.45. The first-order chi connectivity index (χ1) is 12.1. The van der Waals surface area contributed by atoms with Crippen molar-refractivity contribution in [1.29, 1.82) is 0 Å². The number of hydrogen-bond donors (Lipinski definition) is 2. The summed E-state index contributed by atoms with van der Waals surface area (Å²) in [4.78, 5) is 11.1. The monoisotopic (exact) mass is 405 g/mol. The molecule has 26 heavy (non-hydrogen) atoms. The second-order valence-electron chi connectivity index (χ2n) is 6.26. The van der Waals surface area contributed by atoms with Gasteiger partial charge in [-0.15, -0.1) is 0 Å². The molecule has 0 saturated heterocycles. The molecular weight excluding hydrogens is 383 g/mol. The first kappa shape index (κ1) is 20.9. The Kier molecular flexibility index (Phi) is 6.46. The van der Waals surface area contributed by atoms with E-state index >= 15 is 0 Å². The van der Waals surface area contributed by atoms with Crippen LogP contribution in [0.25, 0.3) is 0 Å². The molecule has 0 aliphatic carbocycles. The van der Waals surface area contributed by atoms with Crippen molar-refractivity contribution >= 4 is 24.7 Å². The van der Waals surface area contributed by atoms with Gasteiger partial charge in [-0.1, -0.05) is 18.2 Å². The van der Waals surface area contributed by atoms with Gasteiger partial charge in [-0.25, -0.2) is 8.93 Å². The normalized spacial score (nSPS) is 17.8. The molecule has 146 valence electrons. The fraction of sp³-hybridized carbons (Fsp3) is 0.533. The predicted octanol–water partition coefficient (Wildman–Crippen LogP) is 1.03. The quantitative estimate of drug-likeness (QED) is 0.619. The van der Waals surface area contributed by atoms with Gasteiger partial charge in [-0.2, -0.15) is 0 Å². The van der Waals surface area contributed by atoms with Crippen molar-refractivity contribution in [2.75, 3.05) is 20.5 Å². The summed E-state index contributed by atoms with van der Waals surface area (Å²) in [6.45, 7) is 3.81. The standard InChI is InChI=1S/C15H23N2O7PS/c1-15(2)8-10-6-5-7-11(12(10)24-15)13(17-14(18)19)26(21)16-9-25(20,22-3)23-4/h5-7,13,16-17H,8-9H2,1-4H3,(H,18,19)/p-1. The predicted molar refractivity (Wildman–Crippen MR) is 93.9 cm³/mol. The molecule has 2 N–H and O–H groups in total. The average molecular weight is 405 g/mol. The number of amides is 1. The molecule has 1 aliphatic rings. The van der Waals surface area contributed by atoms with E-state index in [9.17, 15) is 18.7 Å². The van der Waals surface area contributed by atoms with E-state index in [1.807, 2.05) is 19.9 Å². The van der Waals surface area contributed by atoms with E-state index in [0.717, 1.165) is 5.56 Å². The van der Waals surface area contributed by atoms with Crippen molar-refractivity contribution in [1.82, 2.24) is 10.0 Å². The SMILES string of the molecule is COP(=O)(CNS(=O)C(NC(=O)[O-])c1cccc2c1OC(C)(C)C2)OC. The second kappa shape index (κ2) is 8.06. The summed E-state index contributed by atoms with van der Waals surface area (Å²) in [6, 6.07) is 5.21. The molecule has 1 heterocycles. The van der Waals surface area contributed by atoms with E-state index < -0.39 is 35.6 Å². The molecule has 2 unspecified atom stereocenters. The smallest absolute Gasteiger partial charge is 0.344 e. The number of carbonyl (C=O) groups excluding carboxylic acids is 1. The molecule has 9 nitrogen and oxygen atoms in total. The lowest BCUT2D eigenvalue weighted by Crippen LogP contribution is -2.43. The molecule has 1 amide bonds. The highest BCUT2D eigenvalue weighted by atomic mass is 32.2. The maximum atomic E-state index is 12.7. The highest BCUT2D eigenvalue weighted by Crippen LogP contribution is 2.45. The third-order valence-electron chi connectivity index (χ3n) is 3.82. The van der Waals surface area contributed by atoms with Crippen LogP contribution in [0.2, 0.25) is 0 Å². The molecule has 2 atom stereocenters. The van der Waals surface area contributed by atoms with Gasteiger partial charge in [0.2, 0.25) is 0 Å². The van der Waals surface area contributed by atoms with Crippen LogP contribution in [0.3, 0.4) is 0 Å². The summed E-state index contributed by atoms with van der Waals surface area (Å²) in [6.07, 6.45) is -1.32. The number of rotatable bonds is 8. The van der Waals surface area contributed by atoms with Gasteiger partial charge in [0.1, 0.15) is 40.1 Å². The molecule has 1 aromatic rings. The van der Waals surface area contributed by atoms with Crippen molar-refractivity contribution < 1.29 is 32.5 Å². The molecule has 11 heteroatoms. The molecule has 0 aromatic heterocycles. The zero-order chi connectivity index (χ0) is 19.5. The molecule has 1 aromatic carbocycles. The van der Waals surface area contributed by atoms with E-state index in [1.165, 1.54) is 14.2 Å². The highest BCUT2D eigenvalue weighted by molar-refractivity contribution is 7.83. The Morgan fingerprint density at radius 1 is 1.42 bits per heavy atom. The summed E-state index contributed by atoms with van der Waals surface area (Å²) in [5, 5.41) is 12.0. The number of fused-ring (bicyclic) bond motifs is 1. The minimum Gasteiger partial charge on any atom is -0.530 e. The van der Waals surface area contributed by atoms with Crippen LogP contribution in [-0.2, 0) is 31.0 Å². The van der Waals surface area contributed by atoms with Gasteiger partial charge in [0.15, 0.2) is 0 Å². The van der Waals surface area contributed by atoms with Crippen LogP contribution in [0, 0.1) is 0 Å². The van der Waals surface area contributed by atoms with Gasteiger partial charge in [0.05, 0.1) is 0 Å². The van der Waals surface area contributed by atoms with Crippen LogP contribution in [0.5, 0.6) is 5.75 Å². The molecule has 1 aliphatic heterocycles. The minimum absolute atomic E-state index is 0.362. The third-order valence-corrected chi connectivity index (χ3v) is 6.92. The van der Waals surface area contributed by atoms with Gasteiger partial charge in [-0.05, 0) is 19.4 Å². The lowest BCUT2D eigenvalue weighted by atomic mass is 10.0. The Balaban J connectivity index is 2.30. The van der Waals surface area contributed by atoms with Gasteiger partial charge < -0.3 is 29.0 Å².